The van der Waals surface area contributed by atoms with E-state index in [9.17, 15) is 0 Å². The Labute approximate surface area is 90.1 Å². The van der Waals surface area contributed by atoms with Crippen LogP contribution in [-0.4, -0.2) is 27.2 Å². The third-order valence-electron chi connectivity index (χ3n) is 2.27. The van der Waals surface area contributed by atoms with Crippen LogP contribution in [0, 0.1) is 5.92 Å². The molecule has 1 aromatic rings. The molecule has 0 saturated heterocycles. The molecule has 0 radical (unpaired) electrons. The lowest BCUT2D eigenvalue weighted by Gasteiger charge is -2.08. The van der Waals surface area contributed by atoms with Crippen LogP contribution < -0.4 is 0 Å². The number of hydrogen-bond acceptors (Lipinski definition) is 4. The lowest BCUT2D eigenvalue weighted by atomic mass is 10.1. The summed E-state index contributed by atoms with van der Waals surface area (Å²) >= 11 is 0. The van der Waals surface area contributed by atoms with Gasteiger partial charge in [-0.25, -0.2) is 4.68 Å². The van der Waals surface area contributed by atoms with E-state index in [0.29, 0.717) is 18.2 Å². The summed E-state index contributed by atoms with van der Waals surface area (Å²) in [5.74, 6) is 0.627. The topological polar surface area (TPSA) is 60.2 Å². The summed E-state index contributed by atoms with van der Waals surface area (Å²) in [7, 11) is 1.63. The first-order chi connectivity index (χ1) is 7.19. The van der Waals surface area contributed by atoms with Crippen molar-refractivity contribution in [1.82, 2.24) is 15.0 Å². The summed E-state index contributed by atoms with van der Waals surface area (Å²) in [6.45, 7) is 5.52. The van der Waals surface area contributed by atoms with E-state index in [-0.39, 0.29) is 6.61 Å². The highest BCUT2D eigenvalue weighted by atomic mass is 16.5. The second kappa shape index (κ2) is 5.82. The molecular formula is C10H19N3O2. The minimum Gasteiger partial charge on any atom is -0.390 e. The molecule has 1 rings (SSSR count). The summed E-state index contributed by atoms with van der Waals surface area (Å²) in [6.07, 6.45) is 1.05. The van der Waals surface area contributed by atoms with Gasteiger partial charge in [-0.3, -0.25) is 0 Å². The maximum Gasteiger partial charge on any atom is 0.114 e. The van der Waals surface area contributed by atoms with E-state index in [4.69, 9.17) is 9.84 Å². The number of aliphatic hydroxyl groups excluding tert-OH is 1. The van der Waals surface area contributed by atoms with Crippen molar-refractivity contribution in [2.45, 2.75) is 40.0 Å². The van der Waals surface area contributed by atoms with Crippen LogP contribution >= 0.6 is 0 Å². The van der Waals surface area contributed by atoms with Gasteiger partial charge in [0.25, 0.3) is 0 Å². The number of hydrogen-bond donors (Lipinski definition) is 1. The molecule has 0 saturated carbocycles. The molecule has 1 aromatic heterocycles. The van der Waals surface area contributed by atoms with Crippen molar-refractivity contribution < 1.29 is 9.84 Å². The molecule has 1 heterocycles. The molecule has 1 N–H and O–H groups in total. The Morgan fingerprint density at radius 1 is 1.47 bits per heavy atom. The van der Waals surface area contributed by atoms with Gasteiger partial charge in [-0.15, -0.1) is 5.10 Å². The molecule has 0 aliphatic carbocycles. The van der Waals surface area contributed by atoms with Crippen LogP contribution in [0.15, 0.2) is 0 Å². The van der Waals surface area contributed by atoms with Gasteiger partial charge in [0, 0.05) is 13.7 Å². The van der Waals surface area contributed by atoms with Crippen LogP contribution in [0.4, 0.5) is 0 Å². The predicted molar refractivity (Wildman–Crippen MR) is 56.1 cm³/mol. The molecule has 5 nitrogen and oxygen atoms in total. The molecule has 86 valence electrons. The van der Waals surface area contributed by atoms with Gasteiger partial charge in [0.1, 0.15) is 5.69 Å². The summed E-state index contributed by atoms with van der Waals surface area (Å²) in [5, 5.41) is 17.0. The molecule has 0 atom stereocenters. The molecule has 0 fully saturated rings. The summed E-state index contributed by atoms with van der Waals surface area (Å²) < 4.78 is 6.88. The zero-order valence-electron chi connectivity index (χ0n) is 9.60. The molecule has 0 amide bonds. The van der Waals surface area contributed by atoms with Gasteiger partial charge in [0.05, 0.1) is 18.9 Å². The second-order valence-electron chi connectivity index (χ2n) is 3.98. The zero-order chi connectivity index (χ0) is 11.3. The summed E-state index contributed by atoms with van der Waals surface area (Å²) in [5.41, 5.74) is 1.49. The summed E-state index contributed by atoms with van der Waals surface area (Å²) in [4.78, 5) is 0. The van der Waals surface area contributed by atoms with E-state index in [1.807, 2.05) is 4.68 Å². The Morgan fingerprint density at radius 2 is 2.20 bits per heavy atom. The van der Waals surface area contributed by atoms with Crippen LogP contribution in [0.2, 0.25) is 0 Å². The normalized spacial score (nSPS) is 11.3. The van der Waals surface area contributed by atoms with Gasteiger partial charge < -0.3 is 9.84 Å². The van der Waals surface area contributed by atoms with Crippen molar-refractivity contribution in [3.63, 3.8) is 0 Å². The second-order valence-corrected chi connectivity index (χ2v) is 3.98. The maximum atomic E-state index is 9.06. The van der Waals surface area contributed by atoms with Crippen molar-refractivity contribution in [2.24, 2.45) is 5.92 Å². The Balaban J connectivity index is 2.72. The quantitative estimate of drug-likeness (QED) is 0.764. The third kappa shape index (κ3) is 3.28. The van der Waals surface area contributed by atoms with Gasteiger partial charge in [-0.05, 0) is 12.3 Å². The minimum absolute atomic E-state index is 0.0830. The van der Waals surface area contributed by atoms with E-state index in [1.165, 1.54) is 0 Å². The Kier molecular flexibility index (Phi) is 4.71. The summed E-state index contributed by atoms with van der Waals surface area (Å²) in [6, 6.07) is 0. The van der Waals surface area contributed by atoms with Crippen molar-refractivity contribution >= 4 is 0 Å². The number of aliphatic hydroxyl groups is 1. The molecule has 0 bridgehead atoms. The third-order valence-corrected chi connectivity index (χ3v) is 2.27. The zero-order valence-corrected chi connectivity index (χ0v) is 9.60. The highest BCUT2D eigenvalue weighted by molar-refractivity contribution is 5.07. The highest BCUT2D eigenvalue weighted by Gasteiger charge is 2.11. The van der Waals surface area contributed by atoms with Crippen LogP contribution in [-0.2, 0) is 24.5 Å². The van der Waals surface area contributed by atoms with Gasteiger partial charge in [0.2, 0.25) is 0 Å². The number of nitrogens with zero attached hydrogens (tertiary/aromatic N) is 3. The lowest BCUT2D eigenvalue weighted by molar-refractivity contribution is 0.172. The number of methoxy groups -OCH3 is 1. The van der Waals surface area contributed by atoms with Crippen molar-refractivity contribution in [3.05, 3.63) is 11.4 Å². The number of aryl methyl sites for hydroxylation is 1. The van der Waals surface area contributed by atoms with E-state index in [2.05, 4.69) is 24.2 Å². The molecule has 0 unspecified atom stereocenters. The fourth-order valence-electron chi connectivity index (χ4n) is 1.35. The molecule has 0 aromatic carbocycles. The van der Waals surface area contributed by atoms with Crippen LogP contribution in [0.1, 0.15) is 31.7 Å². The molecule has 5 heteroatoms. The largest absolute Gasteiger partial charge is 0.390 e. The van der Waals surface area contributed by atoms with Gasteiger partial charge >= 0.3 is 0 Å². The average molecular weight is 213 g/mol. The smallest absolute Gasteiger partial charge is 0.114 e. The van der Waals surface area contributed by atoms with E-state index in [1.54, 1.807) is 7.11 Å². The number of aromatic nitrogens is 3. The van der Waals surface area contributed by atoms with Crippen molar-refractivity contribution in [3.8, 4) is 0 Å². The first kappa shape index (κ1) is 12.1. The fraction of sp³-hybridized carbons (Fsp3) is 0.800. The lowest BCUT2D eigenvalue weighted by Crippen LogP contribution is -2.09. The molecule has 0 spiro atoms. The molecule has 0 aliphatic heterocycles. The first-order valence-electron chi connectivity index (χ1n) is 5.20. The molecule has 0 aliphatic rings. The molecular weight excluding hydrogens is 194 g/mol. The maximum absolute atomic E-state index is 9.06. The van der Waals surface area contributed by atoms with Gasteiger partial charge in [0.15, 0.2) is 0 Å². The minimum atomic E-state index is -0.0830. The standard InChI is InChI=1S/C10H19N3O2/c1-8(2)4-5-13-10(7-15-3)9(6-14)11-12-13/h8,14H,4-7H2,1-3H3. The van der Waals surface area contributed by atoms with Gasteiger partial charge in [-0.2, -0.15) is 0 Å². The first-order valence-corrected chi connectivity index (χ1v) is 5.20. The Bertz CT molecular complexity index is 297. The van der Waals surface area contributed by atoms with Crippen LogP contribution in [0.5, 0.6) is 0 Å². The fourth-order valence-corrected chi connectivity index (χ4v) is 1.35. The highest BCUT2D eigenvalue weighted by Crippen LogP contribution is 2.09. The predicted octanol–water partition coefficient (Wildman–Crippen LogP) is 0.963. The number of rotatable bonds is 6. The monoisotopic (exact) mass is 213 g/mol. The van der Waals surface area contributed by atoms with Crippen LogP contribution in [0.3, 0.4) is 0 Å². The number of ether oxygens (including phenoxy) is 1. The Hall–Kier alpha value is -0.940. The molecule has 15 heavy (non-hydrogen) atoms. The van der Waals surface area contributed by atoms with Crippen molar-refractivity contribution in [2.75, 3.05) is 7.11 Å². The van der Waals surface area contributed by atoms with Gasteiger partial charge in [-0.1, -0.05) is 19.1 Å². The SMILES string of the molecule is COCc1c(CO)nnn1CCC(C)C. The average Bonchev–Trinajstić information content (AvgIpc) is 2.58. The van der Waals surface area contributed by atoms with E-state index >= 15 is 0 Å². The van der Waals surface area contributed by atoms with Crippen LogP contribution in [0.25, 0.3) is 0 Å². The van der Waals surface area contributed by atoms with E-state index < -0.39 is 0 Å². The Morgan fingerprint density at radius 3 is 2.73 bits per heavy atom. The van der Waals surface area contributed by atoms with E-state index in [0.717, 1.165) is 18.7 Å². The van der Waals surface area contributed by atoms with Crippen molar-refractivity contribution in [1.29, 1.82) is 0 Å².